The van der Waals surface area contributed by atoms with E-state index in [4.69, 9.17) is 9.72 Å². The molecule has 0 aliphatic carbocycles. The molecule has 2 aromatic heterocycles. The van der Waals surface area contributed by atoms with Gasteiger partial charge in [-0.15, -0.1) is 0 Å². The minimum absolute atomic E-state index is 0.352. The van der Waals surface area contributed by atoms with Crippen LogP contribution in [0.25, 0.3) is 10.9 Å². The first kappa shape index (κ1) is 21.9. The number of rotatable bonds is 5. The molecule has 0 spiro atoms. The van der Waals surface area contributed by atoms with Gasteiger partial charge < -0.3 is 10.1 Å². The second-order valence-electron chi connectivity index (χ2n) is 8.45. The van der Waals surface area contributed by atoms with Crippen LogP contribution in [0.15, 0.2) is 42.6 Å². The Hall–Kier alpha value is -3.32. The number of aromatic nitrogens is 2. The molecule has 1 atom stereocenters. The third kappa shape index (κ3) is 4.34. The fourth-order valence-electron chi connectivity index (χ4n) is 3.99. The van der Waals surface area contributed by atoms with Crippen molar-refractivity contribution in [2.75, 3.05) is 11.9 Å². The van der Waals surface area contributed by atoms with E-state index in [1.807, 2.05) is 37.3 Å². The van der Waals surface area contributed by atoms with Crippen LogP contribution in [-0.4, -0.2) is 45.4 Å². The highest BCUT2D eigenvalue weighted by atomic mass is 16.5. The molecule has 4 rings (SSSR count). The Morgan fingerprint density at radius 2 is 1.91 bits per heavy atom. The number of aryl methyl sites for hydroxylation is 1. The molecule has 1 amide bonds. The summed E-state index contributed by atoms with van der Waals surface area (Å²) in [5, 5.41) is 3.49. The molecular weight excluding hydrogens is 404 g/mol. The number of nitrogens with zero attached hydrogens (tertiary/aromatic N) is 3. The topological polar surface area (TPSA) is 84.4 Å². The Morgan fingerprint density at radius 3 is 2.66 bits per heavy atom. The highest BCUT2D eigenvalue weighted by Crippen LogP contribution is 2.29. The zero-order chi connectivity index (χ0) is 22.8. The molecule has 7 heteroatoms. The van der Waals surface area contributed by atoms with Crippen molar-refractivity contribution in [2.45, 2.75) is 52.8 Å². The van der Waals surface area contributed by atoms with Crippen LogP contribution in [0, 0.1) is 6.92 Å². The molecule has 1 unspecified atom stereocenters. The van der Waals surface area contributed by atoms with Crippen LogP contribution in [0.5, 0.6) is 0 Å². The average Bonchev–Trinajstić information content (AvgIpc) is 2.78. The molecule has 1 aliphatic rings. The van der Waals surface area contributed by atoms with E-state index in [1.165, 1.54) is 0 Å². The summed E-state index contributed by atoms with van der Waals surface area (Å²) in [6.45, 7) is 9.24. The maximum Gasteiger partial charge on any atom is 0.339 e. The molecule has 1 aromatic carbocycles. The van der Waals surface area contributed by atoms with Crippen molar-refractivity contribution >= 4 is 28.6 Å². The smallest absolute Gasteiger partial charge is 0.339 e. The lowest BCUT2D eigenvalue weighted by atomic mass is 9.95. The van der Waals surface area contributed by atoms with Gasteiger partial charge in [0, 0.05) is 48.4 Å². The Balaban J connectivity index is 1.63. The maximum atomic E-state index is 13.4. The van der Waals surface area contributed by atoms with E-state index >= 15 is 0 Å². The van der Waals surface area contributed by atoms with Gasteiger partial charge in [0.15, 0.2) is 6.10 Å². The van der Waals surface area contributed by atoms with Gasteiger partial charge in [0.05, 0.1) is 11.1 Å². The summed E-state index contributed by atoms with van der Waals surface area (Å²) in [5.41, 5.74) is 3.92. The second-order valence-corrected chi connectivity index (χ2v) is 8.45. The van der Waals surface area contributed by atoms with E-state index in [-0.39, 0.29) is 0 Å². The molecule has 0 saturated heterocycles. The summed E-state index contributed by atoms with van der Waals surface area (Å²) in [6, 6.07) is 11.6. The first-order valence-electron chi connectivity index (χ1n) is 10.9. The van der Waals surface area contributed by atoms with E-state index in [0.717, 1.165) is 40.7 Å². The zero-order valence-electron chi connectivity index (χ0n) is 18.9. The van der Waals surface area contributed by atoms with E-state index in [2.05, 4.69) is 29.0 Å². The Bertz CT molecular complexity index is 1180. The molecule has 0 radical (unpaired) electrons. The van der Waals surface area contributed by atoms with Crippen molar-refractivity contribution in [1.82, 2.24) is 14.9 Å². The van der Waals surface area contributed by atoms with E-state index in [1.54, 1.807) is 19.2 Å². The third-order valence-electron chi connectivity index (χ3n) is 5.91. The van der Waals surface area contributed by atoms with Crippen molar-refractivity contribution in [3.05, 3.63) is 65.0 Å². The van der Waals surface area contributed by atoms with Crippen molar-refractivity contribution in [2.24, 2.45) is 0 Å². The Morgan fingerprint density at radius 1 is 1.12 bits per heavy atom. The number of hydrogen-bond acceptors (Lipinski definition) is 6. The van der Waals surface area contributed by atoms with Gasteiger partial charge in [-0.2, -0.15) is 0 Å². The summed E-state index contributed by atoms with van der Waals surface area (Å²) in [5.74, 6) is -0.471. The van der Waals surface area contributed by atoms with Crippen molar-refractivity contribution in [3.63, 3.8) is 0 Å². The normalized spacial score (nSPS) is 14.8. The predicted molar refractivity (Wildman–Crippen MR) is 123 cm³/mol. The summed E-state index contributed by atoms with van der Waals surface area (Å²) in [4.78, 5) is 37.4. The lowest BCUT2D eigenvalue weighted by Gasteiger charge is -2.32. The number of carbonyl (C=O) groups excluding carboxylic acids is 2. The summed E-state index contributed by atoms with van der Waals surface area (Å²) >= 11 is 0. The Kier molecular flexibility index (Phi) is 6.19. The van der Waals surface area contributed by atoms with Crippen LogP contribution < -0.4 is 5.32 Å². The number of fused-ring (bicyclic) bond motifs is 2. The number of pyridine rings is 2. The fraction of sp³-hybridized carbons (Fsp3) is 0.360. The molecule has 3 aromatic rings. The first-order valence-corrected chi connectivity index (χ1v) is 10.9. The molecule has 0 saturated carbocycles. The number of nitrogens with one attached hydrogen (secondary N) is 1. The van der Waals surface area contributed by atoms with Crippen molar-refractivity contribution < 1.29 is 14.3 Å². The number of esters is 1. The van der Waals surface area contributed by atoms with E-state index in [0.29, 0.717) is 24.0 Å². The SMILES string of the molecule is Cc1cccnc1NC(=O)C(C)OC(=O)c1c2c(nc3ccccc13)CCN(C(C)C)C2. The minimum Gasteiger partial charge on any atom is -0.449 e. The standard InChI is InChI=1S/C25H28N4O3/c1-15(2)29-13-11-21-19(14-29)22(18-9-5-6-10-20(18)27-21)25(31)32-17(4)24(30)28-23-16(3)8-7-12-26-23/h5-10,12,15,17H,11,13-14H2,1-4H3,(H,26,28,30). The zero-order valence-corrected chi connectivity index (χ0v) is 18.9. The van der Waals surface area contributed by atoms with Gasteiger partial charge in [0.1, 0.15) is 5.82 Å². The summed E-state index contributed by atoms with van der Waals surface area (Å²) < 4.78 is 5.66. The molecule has 1 aliphatic heterocycles. The molecule has 166 valence electrons. The average molecular weight is 433 g/mol. The van der Waals surface area contributed by atoms with Gasteiger partial charge in [-0.3, -0.25) is 14.7 Å². The Labute approximate surface area is 187 Å². The number of carbonyl (C=O) groups is 2. The van der Waals surface area contributed by atoms with Crippen LogP contribution in [0.4, 0.5) is 5.82 Å². The van der Waals surface area contributed by atoms with Gasteiger partial charge in [-0.1, -0.05) is 24.3 Å². The molecule has 7 nitrogen and oxygen atoms in total. The highest BCUT2D eigenvalue weighted by Gasteiger charge is 2.29. The summed E-state index contributed by atoms with van der Waals surface area (Å²) in [7, 11) is 0. The minimum atomic E-state index is -0.976. The molecule has 1 N–H and O–H groups in total. The summed E-state index contributed by atoms with van der Waals surface area (Å²) in [6.07, 6.45) is 1.40. The third-order valence-corrected chi connectivity index (χ3v) is 5.91. The van der Waals surface area contributed by atoms with E-state index in [9.17, 15) is 9.59 Å². The van der Waals surface area contributed by atoms with Crippen LogP contribution in [0.1, 0.15) is 48.0 Å². The monoisotopic (exact) mass is 432 g/mol. The number of benzene rings is 1. The second kappa shape index (κ2) is 9.04. The van der Waals surface area contributed by atoms with Gasteiger partial charge >= 0.3 is 5.97 Å². The first-order chi connectivity index (χ1) is 15.3. The number of hydrogen-bond donors (Lipinski definition) is 1. The highest BCUT2D eigenvalue weighted by molar-refractivity contribution is 6.06. The lowest BCUT2D eigenvalue weighted by molar-refractivity contribution is -0.123. The number of amides is 1. The molecule has 0 fully saturated rings. The van der Waals surface area contributed by atoms with Crippen LogP contribution in [0.3, 0.4) is 0 Å². The van der Waals surface area contributed by atoms with Gasteiger partial charge in [0.2, 0.25) is 0 Å². The molecule has 32 heavy (non-hydrogen) atoms. The predicted octanol–water partition coefficient (Wildman–Crippen LogP) is 3.89. The number of para-hydroxylation sites is 1. The van der Waals surface area contributed by atoms with Gasteiger partial charge in [-0.25, -0.2) is 9.78 Å². The largest absolute Gasteiger partial charge is 0.449 e. The quantitative estimate of drug-likeness (QED) is 0.616. The maximum absolute atomic E-state index is 13.4. The van der Waals surface area contributed by atoms with Gasteiger partial charge in [0.25, 0.3) is 5.91 Å². The fourth-order valence-corrected chi connectivity index (χ4v) is 3.99. The van der Waals surface area contributed by atoms with Crippen LogP contribution >= 0.6 is 0 Å². The number of anilines is 1. The van der Waals surface area contributed by atoms with Crippen LogP contribution in [-0.2, 0) is 22.5 Å². The lowest BCUT2D eigenvalue weighted by Crippen LogP contribution is -2.38. The van der Waals surface area contributed by atoms with Crippen molar-refractivity contribution in [3.8, 4) is 0 Å². The van der Waals surface area contributed by atoms with Crippen molar-refractivity contribution in [1.29, 1.82) is 0 Å². The van der Waals surface area contributed by atoms with Crippen LogP contribution in [0.2, 0.25) is 0 Å². The molecule has 3 heterocycles. The molecule has 0 bridgehead atoms. The number of ether oxygens (including phenoxy) is 1. The van der Waals surface area contributed by atoms with Gasteiger partial charge in [-0.05, 0) is 45.4 Å². The molecular formula is C25H28N4O3. The van der Waals surface area contributed by atoms with E-state index < -0.39 is 18.0 Å².